The molecule has 0 aliphatic rings. The molecule has 2 N–H and O–H groups in total. The summed E-state index contributed by atoms with van der Waals surface area (Å²) < 4.78 is 26.4. The van der Waals surface area contributed by atoms with Crippen molar-refractivity contribution in [2.75, 3.05) is 29.7 Å². The van der Waals surface area contributed by atoms with E-state index in [0.29, 0.717) is 0 Å². The van der Waals surface area contributed by atoms with Crippen LogP contribution in [0.2, 0.25) is 0 Å². The molecule has 0 aromatic carbocycles. The van der Waals surface area contributed by atoms with E-state index in [4.69, 9.17) is 5.73 Å². The van der Waals surface area contributed by atoms with Crippen LogP contribution in [-0.4, -0.2) is 30.1 Å². The molecule has 1 unspecified atom stereocenters. The van der Waals surface area contributed by atoms with Crippen molar-refractivity contribution in [3.8, 4) is 0 Å². The van der Waals surface area contributed by atoms with Crippen LogP contribution in [0.1, 0.15) is 6.92 Å². The van der Waals surface area contributed by atoms with Gasteiger partial charge in [0.2, 0.25) is 0 Å². The zero-order valence-electron chi connectivity index (χ0n) is 9.50. The molecular weight excluding hydrogens is 232 g/mol. The minimum atomic E-state index is -0.827. The number of aromatic nitrogens is 1. The Morgan fingerprint density at radius 3 is 2.69 bits per heavy atom. The Labute approximate surface area is 98.0 Å². The van der Waals surface area contributed by atoms with Crippen LogP contribution in [0, 0.1) is 11.6 Å². The number of nitrogen functional groups attached to an aromatic ring is 1. The third-order valence-electron chi connectivity index (χ3n) is 2.34. The molecule has 0 spiro atoms. The summed E-state index contributed by atoms with van der Waals surface area (Å²) in [6.07, 6.45) is 1.97. The summed E-state index contributed by atoms with van der Waals surface area (Å²) in [7, 11) is 1.71. The zero-order valence-corrected chi connectivity index (χ0v) is 10.3. The predicted octanol–water partition coefficient (Wildman–Crippen LogP) is 2.13. The summed E-state index contributed by atoms with van der Waals surface area (Å²) in [5, 5.41) is 0. The number of pyridine rings is 1. The van der Waals surface area contributed by atoms with Gasteiger partial charge in [0, 0.05) is 24.9 Å². The number of rotatable bonds is 4. The molecule has 1 rings (SSSR count). The fourth-order valence-corrected chi connectivity index (χ4v) is 1.99. The second kappa shape index (κ2) is 5.34. The average molecular weight is 247 g/mol. The van der Waals surface area contributed by atoms with Crippen LogP contribution in [0.5, 0.6) is 0 Å². The van der Waals surface area contributed by atoms with Crippen molar-refractivity contribution in [2.24, 2.45) is 0 Å². The molecule has 0 amide bonds. The summed E-state index contributed by atoms with van der Waals surface area (Å²) in [4.78, 5) is 5.37. The topological polar surface area (TPSA) is 42.2 Å². The number of nitrogens with two attached hydrogens (primary N) is 1. The molecule has 1 aromatic rings. The summed E-state index contributed by atoms with van der Waals surface area (Å²) in [6, 6.07) is 0.863. The Bertz CT molecular complexity index is 373. The zero-order chi connectivity index (χ0) is 12.3. The SMILES string of the molecule is CSCC(C)N(C)c1nc(N)c(F)cc1F. The molecule has 0 bridgehead atoms. The Hall–Kier alpha value is -1.04. The Morgan fingerprint density at radius 1 is 1.50 bits per heavy atom. The quantitative estimate of drug-likeness (QED) is 0.885. The third kappa shape index (κ3) is 2.75. The molecule has 90 valence electrons. The Balaban J connectivity index is 2.99. The molecule has 1 aromatic heterocycles. The maximum absolute atomic E-state index is 13.5. The van der Waals surface area contributed by atoms with E-state index in [1.165, 1.54) is 0 Å². The van der Waals surface area contributed by atoms with E-state index in [9.17, 15) is 8.78 Å². The molecule has 1 heterocycles. The lowest BCUT2D eigenvalue weighted by Crippen LogP contribution is -2.32. The maximum atomic E-state index is 13.5. The van der Waals surface area contributed by atoms with Gasteiger partial charge in [-0.05, 0) is 13.2 Å². The van der Waals surface area contributed by atoms with Crippen molar-refractivity contribution in [3.05, 3.63) is 17.7 Å². The van der Waals surface area contributed by atoms with Crippen LogP contribution < -0.4 is 10.6 Å². The fourth-order valence-electron chi connectivity index (χ4n) is 1.28. The van der Waals surface area contributed by atoms with E-state index in [0.717, 1.165) is 11.8 Å². The number of hydrogen-bond donors (Lipinski definition) is 1. The molecule has 16 heavy (non-hydrogen) atoms. The first-order valence-electron chi connectivity index (χ1n) is 4.80. The van der Waals surface area contributed by atoms with Gasteiger partial charge >= 0.3 is 0 Å². The lowest BCUT2D eigenvalue weighted by atomic mass is 10.3. The summed E-state index contributed by atoms with van der Waals surface area (Å²) >= 11 is 1.65. The Kier molecular flexibility index (Phi) is 4.35. The van der Waals surface area contributed by atoms with Crippen LogP contribution >= 0.6 is 11.8 Å². The smallest absolute Gasteiger partial charge is 0.168 e. The van der Waals surface area contributed by atoms with E-state index in [1.54, 1.807) is 23.7 Å². The first-order chi connectivity index (χ1) is 7.47. The number of thioether (sulfide) groups is 1. The van der Waals surface area contributed by atoms with Gasteiger partial charge in [0.15, 0.2) is 23.3 Å². The minimum absolute atomic E-state index is 0.0838. The van der Waals surface area contributed by atoms with Crippen molar-refractivity contribution in [1.29, 1.82) is 0 Å². The summed E-state index contributed by atoms with van der Waals surface area (Å²) in [5.74, 6) is -0.885. The highest BCUT2D eigenvalue weighted by Gasteiger charge is 2.17. The van der Waals surface area contributed by atoms with Crippen molar-refractivity contribution in [3.63, 3.8) is 0 Å². The first kappa shape index (κ1) is 13.0. The van der Waals surface area contributed by atoms with Crippen molar-refractivity contribution < 1.29 is 8.78 Å². The predicted molar refractivity (Wildman–Crippen MR) is 64.8 cm³/mol. The second-order valence-electron chi connectivity index (χ2n) is 3.58. The van der Waals surface area contributed by atoms with Crippen LogP contribution in [0.4, 0.5) is 20.4 Å². The van der Waals surface area contributed by atoms with E-state index in [1.807, 2.05) is 13.2 Å². The van der Waals surface area contributed by atoms with Gasteiger partial charge in [-0.1, -0.05) is 0 Å². The molecule has 1 atom stereocenters. The summed E-state index contributed by atoms with van der Waals surface area (Å²) in [6.45, 7) is 1.94. The van der Waals surface area contributed by atoms with Crippen molar-refractivity contribution in [1.82, 2.24) is 4.98 Å². The average Bonchev–Trinajstić information content (AvgIpc) is 2.23. The minimum Gasteiger partial charge on any atom is -0.381 e. The van der Waals surface area contributed by atoms with Crippen LogP contribution in [0.3, 0.4) is 0 Å². The molecule has 0 aliphatic carbocycles. The van der Waals surface area contributed by atoms with Crippen molar-refractivity contribution >= 4 is 23.4 Å². The third-order valence-corrected chi connectivity index (χ3v) is 3.16. The second-order valence-corrected chi connectivity index (χ2v) is 4.49. The van der Waals surface area contributed by atoms with Gasteiger partial charge in [0.05, 0.1) is 0 Å². The highest BCUT2D eigenvalue weighted by Crippen LogP contribution is 2.21. The van der Waals surface area contributed by atoms with Gasteiger partial charge in [-0.25, -0.2) is 13.8 Å². The van der Waals surface area contributed by atoms with Gasteiger partial charge < -0.3 is 10.6 Å². The summed E-state index contributed by atoms with van der Waals surface area (Å²) in [5.41, 5.74) is 5.32. The lowest BCUT2D eigenvalue weighted by Gasteiger charge is -2.25. The van der Waals surface area contributed by atoms with Crippen LogP contribution in [-0.2, 0) is 0 Å². The normalized spacial score (nSPS) is 12.6. The number of halogens is 2. The van der Waals surface area contributed by atoms with Gasteiger partial charge in [0.1, 0.15) is 0 Å². The fraction of sp³-hybridized carbons (Fsp3) is 0.500. The first-order valence-corrected chi connectivity index (χ1v) is 6.20. The number of hydrogen-bond acceptors (Lipinski definition) is 4. The lowest BCUT2D eigenvalue weighted by molar-refractivity contribution is 0.569. The standard InChI is InChI=1S/C10H15F2N3S/c1-6(5-16-3)15(2)10-8(12)4-7(11)9(13)14-10/h4,6H,5H2,1-3H3,(H2,13,14). The highest BCUT2D eigenvalue weighted by molar-refractivity contribution is 7.98. The molecule has 0 saturated carbocycles. The van der Waals surface area contributed by atoms with Crippen LogP contribution in [0.25, 0.3) is 0 Å². The van der Waals surface area contributed by atoms with E-state index < -0.39 is 11.6 Å². The molecule has 0 radical (unpaired) electrons. The molecule has 0 aliphatic heterocycles. The van der Waals surface area contributed by atoms with Gasteiger partial charge in [0.25, 0.3) is 0 Å². The molecular formula is C10H15F2N3S. The maximum Gasteiger partial charge on any atom is 0.168 e. The molecule has 0 fully saturated rings. The van der Waals surface area contributed by atoms with Crippen molar-refractivity contribution in [2.45, 2.75) is 13.0 Å². The van der Waals surface area contributed by atoms with E-state index in [2.05, 4.69) is 4.98 Å². The number of anilines is 2. The highest BCUT2D eigenvalue weighted by atomic mass is 32.2. The Morgan fingerprint density at radius 2 is 2.12 bits per heavy atom. The van der Waals surface area contributed by atoms with E-state index in [-0.39, 0.29) is 17.7 Å². The number of nitrogens with zero attached hydrogens (tertiary/aromatic N) is 2. The molecule has 0 saturated heterocycles. The molecule has 6 heteroatoms. The van der Waals surface area contributed by atoms with Gasteiger partial charge in [-0.15, -0.1) is 0 Å². The van der Waals surface area contributed by atoms with Gasteiger partial charge in [-0.2, -0.15) is 11.8 Å². The largest absolute Gasteiger partial charge is 0.381 e. The monoisotopic (exact) mass is 247 g/mol. The van der Waals surface area contributed by atoms with Crippen LogP contribution in [0.15, 0.2) is 6.07 Å². The molecule has 3 nitrogen and oxygen atoms in total. The van der Waals surface area contributed by atoms with E-state index >= 15 is 0 Å². The van der Waals surface area contributed by atoms with Gasteiger partial charge in [-0.3, -0.25) is 0 Å².